The summed E-state index contributed by atoms with van der Waals surface area (Å²) in [5, 5.41) is 19.2. The molecule has 0 saturated carbocycles. The van der Waals surface area contributed by atoms with E-state index in [2.05, 4.69) is 0 Å². The molecule has 0 aliphatic heterocycles. The van der Waals surface area contributed by atoms with Crippen molar-refractivity contribution >= 4 is 35.0 Å². The number of carbonyl (C=O) groups is 2. The van der Waals surface area contributed by atoms with Crippen LogP contribution < -0.4 is 10.2 Å². The van der Waals surface area contributed by atoms with Crippen LogP contribution in [0, 0.1) is 0 Å². The van der Waals surface area contributed by atoms with E-state index in [1.54, 1.807) is 27.7 Å². The molecule has 0 N–H and O–H groups in total. The van der Waals surface area contributed by atoms with Gasteiger partial charge in [0.25, 0.3) is 0 Å². The number of carbonyl (C=O) groups excluding carboxylic acids is 2. The summed E-state index contributed by atoms with van der Waals surface area (Å²) in [6.07, 6.45) is 2.11. The Bertz CT molecular complexity index is 231. The maximum atomic E-state index is 9.62. The van der Waals surface area contributed by atoms with Crippen molar-refractivity contribution in [3.63, 3.8) is 0 Å². The van der Waals surface area contributed by atoms with Gasteiger partial charge in [0.1, 0.15) is 0 Å². The molecule has 0 unspecified atom stereocenters. The fourth-order valence-corrected chi connectivity index (χ4v) is 0.471. The van der Waals surface area contributed by atoms with E-state index in [1.807, 2.05) is 0 Å². The number of allylic oxidation sites excluding steroid dienone is 2. The van der Waals surface area contributed by atoms with E-state index in [0.29, 0.717) is 0 Å². The van der Waals surface area contributed by atoms with E-state index >= 15 is 0 Å². The zero-order chi connectivity index (χ0) is 11.7. The van der Waals surface area contributed by atoms with Crippen LogP contribution in [-0.2, 0) is 9.59 Å². The smallest absolute Gasteiger partial charge is 0.545 e. The molecule has 0 aromatic heterocycles. The molecule has 15 heavy (non-hydrogen) atoms. The molecule has 0 heterocycles. The van der Waals surface area contributed by atoms with Gasteiger partial charge in [0, 0.05) is 0 Å². The molecule has 0 spiro atoms. The van der Waals surface area contributed by atoms with Gasteiger partial charge in [-0.15, -0.1) is 0 Å². The molecule has 0 radical (unpaired) electrons. The molecule has 0 aromatic carbocycles. The van der Waals surface area contributed by atoms with Crippen molar-refractivity contribution < 1.29 is 19.8 Å². The van der Waals surface area contributed by atoms with Crippen molar-refractivity contribution in [1.82, 2.24) is 0 Å². The Kier molecular flexibility index (Phi) is 14.8. The van der Waals surface area contributed by atoms with Crippen molar-refractivity contribution in [3.8, 4) is 0 Å². The van der Waals surface area contributed by atoms with Crippen molar-refractivity contribution in [2.24, 2.45) is 0 Å². The molecule has 0 amide bonds. The molecule has 0 atom stereocenters. The van der Waals surface area contributed by atoms with Crippen molar-refractivity contribution in [2.45, 2.75) is 27.7 Å². The molecule has 0 aromatic rings. The average molecular weight is 223 g/mol. The maximum absolute atomic E-state index is 9.62. The quantitative estimate of drug-likeness (QED) is 0.444. The molecule has 0 rings (SSSR count). The van der Waals surface area contributed by atoms with Crippen LogP contribution in [0.5, 0.6) is 0 Å². The summed E-state index contributed by atoms with van der Waals surface area (Å²) in [4.78, 5) is 19.2. The summed E-state index contributed by atoms with van der Waals surface area (Å²) in [7, 11) is 0. The fraction of sp³-hybridized carbons (Fsp3) is 0.400. The van der Waals surface area contributed by atoms with Gasteiger partial charge in [-0.2, -0.15) is 0 Å². The van der Waals surface area contributed by atoms with Crippen LogP contribution in [0.25, 0.3) is 0 Å². The summed E-state index contributed by atoms with van der Waals surface area (Å²) < 4.78 is 0. The van der Waals surface area contributed by atoms with E-state index in [0.717, 1.165) is 23.3 Å². The van der Waals surface area contributed by atoms with Crippen molar-refractivity contribution in [2.75, 3.05) is 0 Å². The molecule has 0 aliphatic rings. The van der Waals surface area contributed by atoms with Gasteiger partial charge in [-0.3, -0.25) is 0 Å². The van der Waals surface area contributed by atoms with Crippen LogP contribution in [0.15, 0.2) is 23.3 Å². The zero-order valence-electron chi connectivity index (χ0n) is 9.49. The first kappa shape index (κ1) is 19.7. The number of hydrogen-bond donors (Lipinski definition) is 0. The monoisotopic (exact) mass is 222 g/mol. The molecular formula is C10H14MgO4. The number of rotatable bonds is 2. The van der Waals surface area contributed by atoms with Gasteiger partial charge in [0.15, 0.2) is 0 Å². The normalized spacial score (nSPS) is 7.20. The SMILES string of the molecule is CC(C)=CC(=O)[O-].CC(C)=CC(=O)[O-].[Mg+2]. The molecule has 0 bridgehead atoms. The summed E-state index contributed by atoms with van der Waals surface area (Å²) in [6.45, 7) is 6.82. The molecule has 5 heteroatoms. The third kappa shape index (κ3) is 32.0. The average Bonchev–Trinajstić information content (AvgIpc) is 1.79. The van der Waals surface area contributed by atoms with Crippen LogP contribution >= 0.6 is 0 Å². The second-order valence-electron chi connectivity index (χ2n) is 3.08. The fourth-order valence-electron chi connectivity index (χ4n) is 0.471. The van der Waals surface area contributed by atoms with Crippen LogP contribution in [0.4, 0.5) is 0 Å². The third-order valence-electron chi connectivity index (χ3n) is 0.813. The Morgan fingerprint density at radius 2 is 1.00 bits per heavy atom. The van der Waals surface area contributed by atoms with Crippen LogP contribution in [0.3, 0.4) is 0 Å². The molecule has 0 fully saturated rings. The van der Waals surface area contributed by atoms with Crippen molar-refractivity contribution in [1.29, 1.82) is 0 Å². The van der Waals surface area contributed by atoms with E-state index in [4.69, 9.17) is 0 Å². The zero-order valence-corrected chi connectivity index (χ0v) is 10.9. The van der Waals surface area contributed by atoms with Gasteiger partial charge in [-0.1, -0.05) is 11.1 Å². The minimum Gasteiger partial charge on any atom is -0.545 e. The number of carboxylic acids is 2. The Labute approximate surface area is 106 Å². The molecule has 0 aliphatic carbocycles. The van der Waals surface area contributed by atoms with Gasteiger partial charge < -0.3 is 19.8 Å². The summed E-state index contributed by atoms with van der Waals surface area (Å²) >= 11 is 0. The molecule has 4 nitrogen and oxygen atoms in total. The van der Waals surface area contributed by atoms with Crippen LogP contribution in [0.1, 0.15) is 27.7 Å². The van der Waals surface area contributed by atoms with Gasteiger partial charge >= 0.3 is 23.1 Å². The van der Waals surface area contributed by atoms with E-state index in [9.17, 15) is 19.8 Å². The number of hydrogen-bond acceptors (Lipinski definition) is 4. The maximum Gasteiger partial charge on any atom is 2.00 e. The largest absolute Gasteiger partial charge is 2.00 e. The molecule has 80 valence electrons. The van der Waals surface area contributed by atoms with Crippen molar-refractivity contribution in [3.05, 3.63) is 23.3 Å². The minimum atomic E-state index is -1.12. The molecule has 0 saturated heterocycles. The first-order chi connectivity index (χ1) is 6.25. The predicted octanol–water partition coefficient (Wildman–Crippen LogP) is -0.976. The summed E-state index contributed by atoms with van der Waals surface area (Å²) in [5.74, 6) is -2.25. The Hall–Kier alpha value is -0.814. The summed E-state index contributed by atoms with van der Waals surface area (Å²) in [5.41, 5.74) is 1.50. The first-order valence-electron chi connectivity index (χ1n) is 3.97. The second kappa shape index (κ2) is 11.3. The van der Waals surface area contributed by atoms with Crippen LogP contribution in [-0.4, -0.2) is 35.0 Å². The van der Waals surface area contributed by atoms with E-state index in [1.165, 1.54) is 0 Å². The standard InChI is InChI=1S/2C5H8O2.Mg/c2*1-4(2)3-5(6)7;/h2*3H,1-2H3,(H,6,7);/q;;+2/p-2. The Morgan fingerprint density at radius 1 is 0.800 bits per heavy atom. The van der Waals surface area contributed by atoms with E-state index in [-0.39, 0.29) is 23.1 Å². The third-order valence-corrected chi connectivity index (χ3v) is 0.813. The Morgan fingerprint density at radius 3 is 1.00 bits per heavy atom. The van der Waals surface area contributed by atoms with E-state index < -0.39 is 11.9 Å². The Balaban J connectivity index is -0.000000180. The van der Waals surface area contributed by atoms with Gasteiger partial charge in [-0.05, 0) is 39.8 Å². The topological polar surface area (TPSA) is 80.3 Å². The van der Waals surface area contributed by atoms with Gasteiger partial charge in [0.05, 0.1) is 11.9 Å². The second-order valence-corrected chi connectivity index (χ2v) is 3.08. The van der Waals surface area contributed by atoms with Gasteiger partial charge in [-0.25, -0.2) is 0 Å². The van der Waals surface area contributed by atoms with Crippen LogP contribution in [0.2, 0.25) is 0 Å². The minimum absolute atomic E-state index is 0. The molecular weight excluding hydrogens is 208 g/mol. The first-order valence-corrected chi connectivity index (χ1v) is 3.97. The number of aliphatic carboxylic acids is 2. The summed E-state index contributed by atoms with van der Waals surface area (Å²) in [6, 6.07) is 0. The van der Waals surface area contributed by atoms with Gasteiger partial charge in [0.2, 0.25) is 0 Å². The number of carboxylic acid groups (broad SMARTS) is 2. The predicted molar refractivity (Wildman–Crippen MR) is 54.6 cm³/mol.